The summed E-state index contributed by atoms with van der Waals surface area (Å²) in [6.45, 7) is 7.70. The highest BCUT2D eigenvalue weighted by molar-refractivity contribution is 4.87. The zero-order valence-corrected chi connectivity index (χ0v) is 7.68. The van der Waals surface area contributed by atoms with Crippen LogP contribution in [-0.4, -0.2) is 13.2 Å². The van der Waals surface area contributed by atoms with Crippen LogP contribution in [0.2, 0.25) is 0 Å². The van der Waals surface area contributed by atoms with E-state index in [0.717, 1.165) is 19.6 Å². The molecule has 1 unspecified atom stereocenters. The third-order valence-corrected chi connectivity index (χ3v) is 1.81. The van der Waals surface area contributed by atoms with Crippen LogP contribution in [0.15, 0.2) is 0 Å². The summed E-state index contributed by atoms with van der Waals surface area (Å²) < 4.78 is 5.16. The zero-order chi connectivity index (χ0) is 8.74. The maximum absolute atomic E-state index is 8.39. The van der Waals surface area contributed by atoms with Crippen molar-refractivity contribution in [1.82, 2.24) is 0 Å². The van der Waals surface area contributed by atoms with Gasteiger partial charge < -0.3 is 4.74 Å². The highest BCUT2D eigenvalue weighted by atomic mass is 16.5. The number of hydrogen-bond donors (Lipinski definition) is 0. The molecule has 1 rings (SSSR count). The number of nitriles is 1. The van der Waals surface area contributed by atoms with Gasteiger partial charge in [0.15, 0.2) is 0 Å². The molecule has 0 N–H and O–H groups in total. The first-order chi connectivity index (χ1) is 5.27. The molecule has 1 saturated heterocycles. The molecular weight excluding hydrogens is 138 g/mol. The third kappa shape index (κ3) is 3.38. The fourth-order valence-electron chi connectivity index (χ4n) is 1.04. The topological polar surface area (TPSA) is 33.0 Å². The van der Waals surface area contributed by atoms with Gasteiger partial charge in [-0.2, -0.15) is 5.26 Å². The Labute approximate surface area is 69.2 Å². The van der Waals surface area contributed by atoms with Crippen LogP contribution in [0.3, 0.4) is 0 Å². The molecular formula is C9H17NO. The summed E-state index contributed by atoms with van der Waals surface area (Å²) in [6.07, 6.45) is 1.67. The molecule has 1 atom stereocenters. The van der Waals surface area contributed by atoms with Gasteiger partial charge in [0.25, 0.3) is 0 Å². The Morgan fingerprint density at radius 1 is 1.55 bits per heavy atom. The van der Waals surface area contributed by atoms with Crippen molar-refractivity contribution in [3.8, 4) is 6.07 Å². The van der Waals surface area contributed by atoms with Gasteiger partial charge in [-0.25, -0.2) is 0 Å². The third-order valence-electron chi connectivity index (χ3n) is 1.81. The lowest BCUT2D eigenvalue weighted by molar-refractivity contribution is 0.161. The molecule has 1 aliphatic rings. The van der Waals surface area contributed by atoms with Gasteiger partial charge >= 0.3 is 0 Å². The molecule has 0 aromatic carbocycles. The Morgan fingerprint density at radius 3 is 2.55 bits per heavy atom. The Hall–Kier alpha value is -0.550. The largest absolute Gasteiger partial charge is 0.381 e. The maximum atomic E-state index is 8.39. The predicted molar refractivity (Wildman–Crippen MR) is 45.1 cm³/mol. The fourth-order valence-corrected chi connectivity index (χ4v) is 1.04. The van der Waals surface area contributed by atoms with Gasteiger partial charge in [-0.3, -0.25) is 0 Å². The molecule has 11 heavy (non-hydrogen) atoms. The van der Waals surface area contributed by atoms with Gasteiger partial charge in [0.1, 0.15) is 0 Å². The van der Waals surface area contributed by atoms with E-state index >= 15 is 0 Å². The quantitative estimate of drug-likeness (QED) is 0.582. The van der Waals surface area contributed by atoms with Crippen molar-refractivity contribution in [2.45, 2.75) is 33.6 Å². The zero-order valence-electron chi connectivity index (χ0n) is 7.68. The molecule has 0 aromatic heterocycles. The molecule has 0 saturated carbocycles. The minimum Gasteiger partial charge on any atom is -0.381 e. The normalized spacial score (nSPS) is 28.5. The van der Waals surface area contributed by atoms with E-state index in [4.69, 9.17) is 10.00 Å². The molecule has 1 fully saturated rings. The highest BCUT2D eigenvalue weighted by Crippen LogP contribution is 2.30. The lowest BCUT2D eigenvalue weighted by Gasteiger charge is -2.15. The molecule has 0 aliphatic carbocycles. The van der Waals surface area contributed by atoms with Crippen LogP contribution in [0.5, 0.6) is 0 Å². The van der Waals surface area contributed by atoms with E-state index in [2.05, 4.69) is 13.0 Å². The lowest BCUT2D eigenvalue weighted by Crippen LogP contribution is -2.14. The number of hydrogen-bond acceptors (Lipinski definition) is 2. The second kappa shape index (κ2) is 5.15. The summed E-state index contributed by atoms with van der Waals surface area (Å²) in [5.41, 5.74) is 0.161. The molecule has 64 valence electrons. The van der Waals surface area contributed by atoms with Gasteiger partial charge in [0.05, 0.1) is 12.7 Å². The summed E-state index contributed by atoms with van der Waals surface area (Å²) in [5, 5.41) is 8.39. The van der Waals surface area contributed by atoms with Crippen molar-refractivity contribution in [3.63, 3.8) is 0 Å². The van der Waals surface area contributed by atoms with Crippen LogP contribution in [0, 0.1) is 16.7 Å². The van der Waals surface area contributed by atoms with E-state index in [1.165, 1.54) is 0 Å². The summed E-state index contributed by atoms with van der Waals surface area (Å²) in [5.74, 6) is 0. The van der Waals surface area contributed by atoms with Crippen molar-refractivity contribution in [2.75, 3.05) is 13.2 Å². The lowest BCUT2D eigenvalue weighted by atomic mass is 9.87. The monoisotopic (exact) mass is 155 g/mol. The van der Waals surface area contributed by atoms with E-state index in [9.17, 15) is 0 Å². The van der Waals surface area contributed by atoms with Gasteiger partial charge in [-0.1, -0.05) is 20.8 Å². The maximum Gasteiger partial charge on any atom is 0.0628 e. The van der Waals surface area contributed by atoms with Gasteiger partial charge in [-0.05, 0) is 6.42 Å². The number of nitrogens with zero attached hydrogens (tertiary/aromatic N) is 1. The van der Waals surface area contributed by atoms with E-state index in [0.29, 0.717) is 6.42 Å². The first kappa shape index (κ1) is 10.4. The Morgan fingerprint density at radius 2 is 2.18 bits per heavy atom. The van der Waals surface area contributed by atoms with Crippen LogP contribution in [0.25, 0.3) is 0 Å². The highest BCUT2D eigenvalue weighted by Gasteiger charge is 2.28. The first-order valence-corrected chi connectivity index (χ1v) is 4.22. The van der Waals surface area contributed by atoms with E-state index in [1.54, 1.807) is 0 Å². The standard InChI is InChI=1S/C7H11NO.C2H6/c1-7(2-4-8)3-5-9-6-7;1-2/h2-3,5-6H2,1H3;1-2H3. The summed E-state index contributed by atoms with van der Waals surface area (Å²) >= 11 is 0. The molecule has 1 aliphatic heterocycles. The molecule has 2 nitrogen and oxygen atoms in total. The van der Waals surface area contributed by atoms with Crippen LogP contribution in [-0.2, 0) is 4.74 Å². The van der Waals surface area contributed by atoms with Crippen LogP contribution >= 0.6 is 0 Å². The van der Waals surface area contributed by atoms with E-state index < -0.39 is 0 Å². The Kier molecular flexibility index (Phi) is 4.89. The molecule has 0 aromatic rings. The predicted octanol–water partition coefficient (Wildman–Crippen LogP) is 2.35. The number of ether oxygens (including phenoxy) is 1. The van der Waals surface area contributed by atoms with Crippen molar-refractivity contribution in [3.05, 3.63) is 0 Å². The van der Waals surface area contributed by atoms with Crippen molar-refractivity contribution in [1.29, 1.82) is 5.26 Å². The van der Waals surface area contributed by atoms with Gasteiger partial charge in [-0.15, -0.1) is 0 Å². The average Bonchev–Trinajstić information content (AvgIpc) is 2.41. The molecule has 0 bridgehead atoms. The smallest absolute Gasteiger partial charge is 0.0628 e. The second-order valence-corrected chi connectivity index (χ2v) is 2.95. The van der Waals surface area contributed by atoms with Crippen LogP contribution < -0.4 is 0 Å². The summed E-state index contributed by atoms with van der Waals surface area (Å²) in [6, 6.07) is 2.17. The van der Waals surface area contributed by atoms with Gasteiger partial charge in [0, 0.05) is 18.4 Å². The van der Waals surface area contributed by atoms with E-state index in [-0.39, 0.29) is 5.41 Å². The molecule has 1 heterocycles. The SMILES string of the molecule is CC.CC1(CC#N)CCOC1. The summed E-state index contributed by atoms with van der Waals surface area (Å²) in [7, 11) is 0. The molecule has 0 radical (unpaired) electrons. The Bertz CT molecular complexity index is 131. The van der Waals surface area contributed by atoms with Crippen molar-refractivity contribution >= 4 is 0 Å². The minimum atomic E-state index is 0.161. The molecule has 2 heteroatoms. The Balaban J connectivity index is 0.000000461. The van der Waals surface area contributed by atoms with E-state index in [1.807, 2.05) is 13.8 Å². The van der Waals surface area contributed by atoms with Crippen LogP contribution in [0.1, 0.15) is 33.6 Å². The fraction of sp³-hybridized carbons (Fsp3) is 0.889. The minimum absolute atomic E-state index is 0.161. The second-order valence-electron chi connectivity index (χ2n) is 2.95. The van der Waals surface area contributed by atoms with Crippen molar-refractivity contribution in [2.24, 2.45) is 5.41 Å². The first-order valence-electron chi connectivity index (χ1n) is 4.22. The van der Waals surface area contributed by atoms with Gasteiger partial charge in [0.2, 0.25) is 0 Å². The summed E-state index contributed by atoms with van der Waals surface area (Å²) in [4.78, 5) is 0. The molecule has 0 spiro atoms. The molecule has 0 amide bonds. The van der Waals surface area contributed by atoms with Crippen LogP contribution in [0.4, 0.5) is 0 Å². The van der Waals surface area contributed by atoms with Crippen molar-refractivity contribution < 1.29 is 4.74 Å². The number of rotatable bonds is 1. The average molecular weight is 155 g/mol.